The van der Waals surface area contributed by atoms with Crippen molar-refractivity contribution in [2.75, 3.05) is 6.61 Å². The molecular weight excluding hydrogens is 188 g/mol. The lowest BCUT2D eigenvalue weighted by Gasteiger charge is -2.23. The van der Waals surface area contributed by atoms with Gasteiger partial charge in [0, 0.05) is 12.0 Å². The molecule has 1 aromatic carbocycles. The number of carbonyl (C=O) groups excluding carboxylic acids is 1. The average Bonchev–Trinajstić information content (AvgIpc) is 2.15. The number of carbonyl (C=O) groups is 1. The largest absolute Gasteiger partial charge is 0.486 e. The van der Waals surface area contributed by atoms with Crippen molar-refractivity contribution in [3.05, 3.63) is 29.3 Å². The van der Waals surface area contributed by atoms with Gasteiger partial charge in [-0.25, -0.2) is 0 Å². The Bertz CT molecular complexity index is 399. The molecule has 80 valence electrons. The van der Waals surface area contributed by atoms with Crippen molar-refractivity contribution in [2.45, 2.75) is 32.6 Å². The van der Waals surface area contributed by atoms with E-state index in [9.17, 15) is 4.79 Å². The van der Waals surface area contributed by atoms with Crippen molar-refractivity contribution < 1.29 is 9.53 Å². The van der Waals surface area contributed by atoms with Gasteiger partial charge < -0.3 is 4.74 Å². The number of benzene rings is 1. The van der Waals surface area contributed by atoms with Crippen molar-refractivity contribution >= 4 is 5.78 Å². The average molecular weight is 204 g/mol. The molecule has 2 nitrogen and oxygen atoms in total. The first-order valence-corrected chi connectivity index (χ1v) is 5.25. The molecule has 0 spiro atoms. The molecule has 1 aliphatic heterocycles. The van der Waals surface area contributed by atoms with Gasteiger partial charge >= 0.3 is 0 Å². The maximum Gasteiger partial charge on any atom is 0.174 e. The molecule has 0 amide bonds. The minimum Gasteiger partial charge on any atom is -0.486 e. The van der Waals surface area contributed by atoms with Crippen molar-refractivity contribution in [1.82, 2.24) is 0 Å². The Kier molecular flexibility index (Phi) is 2.29. The van der Waals surface area contributed by atoms with E-state index >= 15 is 0 Å². The molecule has 0 saturated carbocycles. The number of ether oxygens (including phenoxy) is 1. The zero-order chi connectivity index (χ0) is 11.1. The SMILES string of the molecule is CC(C)(C)c1ccc2c(c1)CC(=O)CO2. The van der Waals surface area contributed by atoms with Crippen LogP contribution in [0.15, 0.2) is 18.2 Å². The summed E-state index contributed by atoms with van der Waals surface area (Å²) in [7, 11) is 0. The highest BCUT2D eigenvalue weighted by Crippen LogP contribution is 2.30. The van der Waals surface area contributed by atoms with Crippen LogP contribution in [0.4, 0.5) is 0 Å². The van der Waals surface area contributed by atoms with Crippen LogP contribution in [0.5, 0.6) is 5.75 Å². The molecule has 0 atom stereocenters. The molecule has 0 aromatic heterocycles. The van der Waals surface area contributed by atoms with Gasteiger partial charge in [-0.3, -0.25) is 4.79 Å². The van der Waals surface area contributed by atoms with Gasteiger partial charge in [0.1, 0.15) is 12.4 Å². The lowest BCUT2D eigenvalue weighted by atomic mass is 9.85. The Morgan fingerprint density at radius 1 is 1.27 bits per heavy atom. The first-order valence-electron chi connectivity index (χ1n) is 5.25. The minimum absolute atomic E-state index is 0.121. The first-order chi connectivity index (χ1) is 6.97. The molecular formula is C13H16O2. The van der Waals surface area contributed by atoms with Gasteiger partial charge in [0.2, 0.25) is 0 Å². The molecule has 1 heterocycles. The van der Waals surface area contributed by atoms with Gasteiger partial charge in [-0.15, -0.1) is 0 Å². The molecule has 0 aliphatic carbocycles. The first kappa shape index (κ1) is 10.2. The Morgan fingerprint density at radius 3 is 2.67 bits per heavy atom. The van der Waals surface area contributed by atoms with E-state index < -0.39 is 0 Å². The highest BCUT2D eigenvalue weighted by molar-refractivity contribution is 5.84. The Morgan fingerprint density at radius 2 is 2.00 bits per heavy atom. The third-order valence-corrected chi connectivity index (χ3v) is 2.70. The molecule has 1 aromatic rings. The van der Waals surface area contributed by atoms with Crippen LogP contribution < -0.4 is 4.74 Å². The van der Waals surface area contributed by atoms with E-state index in [4.69, 9.17) is 4.74 Å². The fourth-order valence-corrected chi connectivity index (χ4v) is 1.75. The molecule has 2 heteroatoms. The summed E-state index contributed by atoms with van der Waals surface area (Å²) >= 11 is 0. The number of rotatable bonds is 0. The third-order valence-electron chi connectivity index (χ3n) is 2.70. The van der Waals surface area contributed by atoms with E-state index in [2.05, 4.69) is 32.9 Å². The van der Waals surface area contributed by atoms with Crippen LogP contribution >= 0.6 is 0 Å². The smallest absolute Gasteiger partial charge is 0.174 e. The highest BCUT2D eigenvalue weighted by Gasteiger charge is 2.20. The zero-order valence-electron chi connectivity index (χ0n) is 9.46. The third kappa shape index (κ3) is 2.04. The van der Waals surface area contributed by atoms with Gasteiger partial charge in [-0.2, -0.15) is 0 Å². The number of fused-ring (bicyclic) bond motifs is 1. The summed E-state index contributed by atoms with van der Waals surface area (Å²) < 4.78 is 5.35. The highest BCUT2D eigenvalue weighted by atomic mass is 16.5. The van der Waals surface area contributed by atoms with E-state index in [1.54, 1.807) is 0 Å². The van der Waals surface area contributed by atoms with E-state index in [0.717, 1.165) is 11.3 Å². The van der Waals surface area contributed by atoms with Crippen molar-refractivity contribution in [3.8, 4) is 5.75 Å². The van der Waals surface area contributed by atoms with Crippen LogP contribution in [0.3, 0.4) is 0 Å². The summed E-state index contributed by atoms with van der Waals surface area (Å²) in [6.45, 7) is 6.72. The number of ketones is 1. The molecule has 1 aliphatic rings. The second-order valence-corrected chi connectivity index (χ2v) is 5.08. The summed E-state index contributed by atoms with van der Waals surface area (Å²) in [6, 6.07) is 6.14. The van der Waals surface area contributed by atoms with Gasteiger partial charge in [0.25, 0.3) is 0 Å². The molecule has 0 bridgehead atoms. The molecule has 0 saturated heterocycles. The van der Waals surface area contributed by atoms with Gasteiger partial charge in [-0.1, -0.05) is 32.9 Å². The maximum absolute atomic E-state index is 11.3. The summed E-state index contributed by atoms with van der Waals surface area (Å²) in [6.07, 6.45) is 0.513. The Labute approximate surface area is 90.3 Å². The van der Waals surface area contributed by atoms with Gasteiger partial charge in [0.05, 0.1) is 0 Å². The zero-order valence-corrected chi connectivity index (χ0v) is 9.46. The van der Waals surface area contributed by atoms with Crippen LogP contribution in [0, 0.1) is 0 Å². The number of hydrogen-bond donors (Lipinski definition) is 0. The molecule has 15 heavy (non-hydrogen) atoms. The van der Waals surface area contributed by atoms with E-state index in [0.29, 0.717) is 6.42 Å². The topological polar surface area (TPSA) is 26.3 Å². The predicted molar refractivity (Wildman–Crippen MR) is 59.3 cm³/mol. The Hall–Kier alpha value is -1.31. The Balaban J connectivity index is 2.41. The summed E-state index contributed by atoms with van der Waals surface area (Å²) in [5.74, 6) is 1.02. The van der Waals surface area contributed by atoms with Crippen molar-refractivity contribution in [2.24, 2.45) is 0 Å². The summed E-state index contributed by atoms with van der Waals surface area (Å²) in [5.41, 5.74) is 2.40. The van der Waals surface area contributed by atoms with Crippen molar-refractivity contribution in [3.63, 3.8) is 0 Å². The molecule has 0 N–H and O–H groups in total. The monoisotopic (exact) mass is 204 g/mol. The lowest BCUT2D eigenvalue weighted by Crippen LogP contribution is -2.21. The van der Waals surface area contributed by atoms with Crippen LogP contribution in [0.2, 0.25) is 0 Å². The molecule has 2 rings (SSSR count). The fraction of sp³-hybridized carbons (Fsp3) is 0.462. The lowest BCUT2D eigenvalue weighted by molar-refractivity contribution is -0.121. The molecule has 0 unspecified atom stereocenters. The second-order valence-electron chi connectivity index (χ2n) is 5.08. The summed E-state index contributed by atoms with van der Waals surface area (Å²) in [4.78, 5) is 11.3. The standard InChI is InChI=1S/C13H16O2/c1-13(2,3)10-4-5-12-9(6-10)7-11(14)8-15-12/h4-6H,7-8H2,1-3H3. The van der Waals surface area contributed by atoms with Crippen LogP contribution in [-0.2, 0) is 16.6 Å². The molecule has 0 fully saturated rings. The van der Waals surface area contributed by atoms with Crippen LogP contribution in [-0.4, -0.2) is 12.4 Å². The maximum atomic E-state index is 11.3. The minimum atomic E-state index is 0.121. The fourth-order valence-electron chi connectivity index (χ4n) is 1.75. The van der Waals surface area contributed by atoms with E-state index in [1.165, 1.54) is 5.56 Å². The quantitative estimate of drug-likeness (QED) is 0.649. The van der Waals surface area contributed by atoms with Crippen LogP contribution in [0.25, 0.3) is 0 Å². The van der Waals surface area contributed by atoms with Crippen LogP contribution in [0.1, 0.15) is 31.9 Å². The van der Waals surface area contributed by atoms with Gasteiger partial charge in [0.15, 0.2) is 5.78 Å². The van der Waals surface area contributed by atoms with E-state index in [1.807, 2.05) is 6.07 Å². The summed E-state index contributed by atoms with van der Waals surface area (Å²) in [5, 5.41) is 0. The van der Waals surface area contributed by atoms with E-state index in [-0.39, 0.29) is 17.8 Å². The normalized spacial score (nSPS) is 15.8. The van der Waals surface area contributed by atoms with Crippen molar-refractivity contribution in [1.29, 1.82) is 0 Å². The molecule has 0 radical (unpaired) electrons. The number of hydrogen-bond acceptors (Lipinski definition) is 2. The number of Topliss-reactive ketones (excluding diaryl/α,β-unsaturated/α-hetero) is 1. The second kappa shape index (κ2) is 3.37. The van der Waals surface area contributed by atoms with Gasteiger partial charge in [-0.05, 0) is 17.0 Å². The predicted octanol–water partition coefficient (Wildman–Crippen LogP) is 2.49.